The molecule has 1 saturated heterocycles. The lowest BCUT2D eigenvalue weighted by Gasteiger charge is -2.19. The zero-order valence-electron chi connectivity index (χ0n) is 11.0. The molecule has 0 radical (unpaired) electrons. The lowest BCUT2D eigenvalue weighted by Crippen LogP contribution is -2.27. The van der Waals surface area contributed by atoms with Crippen molar-refractivity contribution in [3.05, 3.63) is 28.8 Å². The van der Waals surface area contributed by atoms with Crippen molar-refractivity contribution in [3.8, 4) is 0 Å². The Morgan fingerprint density at radius 1 is 1.53 bits per heavy atom. The minimum atomic E-state index is -0.383. The molecule has 0 bridgehead atoms. The van der Waals surface area contributed by atoms with Gasteiger partial charge in [0.25, 0.3) is 0 Å². The van der Waals surface area contributed by atoms with Crippen LogP contribution in [0.5, 0.6) is 0 Å². The molecule has 0 aliphatic carbocycles. The third-order valence-corrected chi connectivity index (χ3v) is 3.68. The van der Waals surface area contributed by atoms with Crippen molar-refractivity contribution in [2.45, 2.75) is 20.3 Å². The molecule has 2 rings (SSSR count). The number of benzene rings is 1. The molecule has 1 amide bonds. The summed E-state index contributed by atoms with van der Waals surface area (Å²) < 4.78 is 4.97. The Labute approximate surface area is 117 Å². The van der Waals surface area contributed by atoms with Crippen molar-refractivity contribution < 1.29 is 14.3 Å². The molecule has 19 heavy (non-hydrogen) atoms. The maximum atomic E-state index is 12.0. The van der Waals surface area contributed by atoms with Crippen LogP contribution in [0.2, 0.25) is 5.02 Å². The fourth-order valence-corrected chi connectivity index (χ4v) is 2.42. The van der Waals surface area contributed by atoms with E-state index in [-0.39, 0.29) is 24.2 Å². The number of carbonyl (C=O) groups is 2. The number of rotatable bonds is 3. The molecule has 0 aromatic heterocycles. The summed E-state index contributed by atoms with van der Waals surface area (Å²) in [5, 5.41) is 0.616. The van der Waals surface area contributed by atoms with Crippen LogP contribution >= 0.6 is 11.6 Å². The third kappa shape index (κ3) is 2.73. The van der Waals surface area contributed by atoms with Crippen LogP contribution in [-0.2, 0) is 14.3 Å². The summed E-state index contributed by atoms with van der Waals surface area (Å²) in [7, 11) is 0. The van der Waals surface area contributed by atoms with E-state index in [1.165, 1.54) is 0 Å². The number of anilines is 1. The molecule has 1 fully saturated rings. The molecule has 1 aliphatic rings. The summed E-state index contributed by atoms with van der Waals surface area (Å²) in [5.74, 6) is -0.757. The van der Waals surface area contributed by atoms with Gasteiger partial charge in [0.15, 0.2) is 0 Å². The Morgan fingerprint density at radius 2 is 2.26 bits per heavy atom. The Balaban J connectivity index is 2.20. The number of hydrogen-bond donors (Lipinski definition) is 0. The van der Waals surface area contributed by atoms with Crippen molar-refractivity contribution in [3.63, 3.8) is 0 Å². The topological polar surface area (TPSA) is 46.6 Å². The SMILES string of the molecule is CCOC(=O)C1CC(=O)N(c2cccc(Cl)c2C)C1. The van der Waals surface area contributed by atoms with Gasteiger partial charge in [0, 0.05) is 23.7 Å². The number of amides is 1. The lowest BCUT2D eigenvalue weighted by atomic mass is 10.1. The lowest BCUT2D eigenvalue weighted by molar-refractivity contribution is -0.147. The quantitative estimate of drug-likeness (QED) is 0.800. The molecular formula is C14H16ClNO3. The van der Waals surface area contributed by atoms with E-state index in [0.717, 1.165) is 11.3 Å². The van der Waals surface area contributed by atoms with Crippen molar-refractivity contribution >= 4 is 29.2 Å². The maximum Gasteiger partial charge on any atom is 0.311 e. The van der Waals surface area contributed by atoms with Crippen LogP contribution in [-0.4, -0.2) is 25.0 Å². The van der Waals surface area contributed by atoms with Gasteiger partial charge in [0.2, 0.25) is 5.91 Å². The Hall–Kier alpha value is -1.55. The van der Waals surface area contributed by atoms with Gasteiger partial charge in [-0.3, -0.25) is 9.59 Å². The summed E-state index contributed by atoms with van der Waals surface area (Å²) >= 11 is 6.06. The molecule has 0 N–H and O–H groups in total. The summed E-state index contributed by atoms with van der Waals surface area (Å²) in [6, 6.07) is 5.42. The standard InChI is InChI=1S/C14H16ClNO3/c1-3-19-14(18)10-7-13(17)16(8-10)12-6-4-5-11(15)9(12)2/h4-6,10H,3,7-8H2,1-2H3. The van der Waals surface area contributed by atoms with E-state index in [2.05, 4.69) is 0 Å². The van der Waals surface area contributed by atoms with E-state index in [1.54, 1.807) is 24.0 Å². The zero-order valence-corrected chi connectivity index (χ0v) is 11.7. The molecule has 0 saturated carbocycles. The minimum Gasteiger partial charge on any atom is -0.466 e. The highest BCUT2D eigenvalue weighted by molar-refractivity contribution is 6.31. The van der Waals surface area contributed by atoms with Gasteiger partial charge < -0.3 is 9.64 Å². The molecule has 1 heterocycles. The van der Waals surface area contributed by atoms with Crippen LogP contribution < -0.4 is 4.90 Å². The second kappa shape index (κ2) is 5.61. The molecule has 1 aromatic rings. The van der Waals surface area contributed by atoms with Crippen LogP contribution in [0.3, 0.4) is 0 Å². The monoisotopic (exact) mass is 281 g/mol. The van der Waals surface area contributed by atoms with E-state index in [9.17, 15) is 9.59 Å². The molecule has 1 atom stereocenters. The summed E-state index contributed by atoms with van der Waals surface area (Å²) in [4.78, 5) is 25.3. The average molecular weight is 282 g/mol. The van der Waals surface area contributed by atoms with Gasteiger partial charge in [-0.2, -0.15) is 0 Å². The van der Waals surface area contributed by atoms with E-state index >= 15 is 0 Å². The van der Waals surface area contributed by atoms with Crippen molar-refractivity contribution in [2.24, 2.45) is 5.92 Å². The van der Waals surface area contributed by atoms with E-state index in [1.807, 2.05) is 13.0 Å². The van der Waals surface area contributed by atoms with E-state index < -0.39 is 0 Å². The highest BCUT2D eigenvalue weighted by Crippen LogP contribution is 2.31. The first-order valence-electron chi connectivity index (χ1n) is 6.26. The van der Waals surface area contributed by atoms with Crippen molar-refractivity contribution in [1.29, 1.82) is 0 Å². The number of hydrogen-bond acceptors (Lipinski definition) is 3. The molecule has 1 unspecified atom stereocenters. The molecule has 102 valence electrons. The smallest absolute Gasteiger partial charge is 0.311 e. The third-order valence-electron chi connectivity index (χ3n) is 3.27. The normalized spacial score (nSPS) is 18.8. The van der Waals surface area contributed by atoms with Gasteiger partial charge in [0.1, 0.15) is 0 Å². The number of halogens is 1. The van der Waals surface area contributed by atoms with E-state index in [0.29, 0.717) is 18.2 Å². The molecule has 4 nitrogen and oxygen atoms in total. The second-order valence-corrected chi connectivity index (χ2v) is 4.95. The van der Waals surface area contributed by atoms with E-state index in [4.69, 9.17) is 16.3 Å². The first-order chi connectivity index (χ1) is 9.04. The number of ether oxygens (including phenoxy) is 1. The first kappa shape index (κ1) is 13.9. The van der Waals surface area contributed by atoms with Crippen LogP contribution in [0, 0.1) is 12.8 Å². The van der Waals surface area contributed by atoms with Crippen LogP contribution in [0.15, 0.2) is 18.2 Å². The van der Waals surface area contributed by atoms with Gasteiger partial charge in [-0.15, -0.1) is 0 Å². The predicted octanol–water partition coefficient (Wildman–Crippen LogP) is 2.56. The van der Waals surface area contributed by atoms with Crippen molar-refractivity contribution in [1.82, 2.24) is 0 Å². The average Bonchev–Trinajstić information content (AvgIpc) is 2.75. The number of carbonyl (C=O) groups excluding carboxylic acids is 2. The summed E-state index contributed by atoms with van der Waals surface area (Å²) in [5.41, 5.74) is 1.62. The highest BCUT2D eigenvalue weighted by Gasteiger charge is 2.36. The summed E-state index contributed by atoms with van der Waals surface area (Å²) in [6.45, 7) is 4.31. The van der Waals surface area contributed by atoms with Gasteiger partial charge >= 0.3 is 5.97 Å². The molecule has 1 aromatic carbocycles. The predicted molar refractivity (Wildman–Crippen MR) is 73.3 cm³/mol. The second-order valence-electron chi connectivity index (χ2n) is 4.54. The van der Waals surface area contributed by atoms with Gasteiger partial charge in [0.05, 0.1) is 12.5 Å². The first-order valence-corrected chi connectivity index (χ1v) is 6.64. The van der Waals surface area contributed by atoms with Crippen molar-refractivity contribution in [2.75, 3.05) is 18.1 Å². The maximum absolute atomic E-state index is 12.0. The highest BCUT2D eigenvalue weighted by atomic mass is 35.5. The van der Waals surface area contributed by atoms with Crippen LogP contribution in [0.4, 0.5) is 5.69 Å². The molecule has 5 heteroatoms. The molecular weight excluding hydrogens is 266 g/mol. The minimum absolute atomic E-state index is 0.0663. The number of nitrogens with zero attached hydrogens (tertiary/aromatic N) is 1. The molecule has 0 spiro atoms. The van der Waals surface area contributed by atoms with Crippen LogP contribution in [0.25, 0.3) is 0 Å². The summed E-state index contributed by atoms with van der Waals surface area (Å²) in [6.07, 6.45) is 0.199. The van der Waals surface area contributed by atoms with Crippen LogP contribution in [0.1, 0.15) is 18.9 Å². The Kier molecular flexibility index (Phi) is 4.10. The number of esters is 1. The fraction of sp³-hybridized carbons (Fsp3) is 0.429. The zero-order chi connectivity index (χ0) is 14.0. The van der Waals surface area contributed by atoms with Gasteiger partial charge in [-0.1, -0.05) is 17.7 Å². The van der Waals surface area contributed by atoms with Gasteiger partial charge in [-0.05, 0) is 31.5 Å². The fourth-order valence-electron chi connectivity index (χ4n) is 2.25. The van der Waals surface area contributed by atoms with Gasteiger partial charge in [-0.25, -0.2) is 0 Å². The molecule has 1 aliphatic heterocycles. The Bertz CT molecular complexity index is 515. The largest absolute Gasteiger partial charge is 0.466 e. The Morgan fingerprint density at radius 3 is 2.95 bits per heavy atom.